The van der Waals surface area contributed by atoms with Crippen LogP contribution in [0.3, 0.4) is 0 Å². The monoisotopic (exact) mass is 550 g/mol. The average Bonchev–Trinajstić information content (AvgIpc) is 3.06. The summed E-state index contributed by atoms with van der Waals surface area (Å²) < 4.78 is 0. The van der Waals surface area contributed by atoms with E-state index in [-0.39, 0.29) is 0 Å². The van der Waals surface area contributed by atoms with Crippen molar-refractivity contribution in [3.63, 3.8) is 0 Å². The Morgan fingerprint density at radius 1 is 0.381 bits per heavy atom. The summed E-state index contributed by atoms with van der Waals surface area (Å²) in [6.45, 7) is 0. The lowest BCUT2D eigenvalue weighted by Gasteiger charge is -2.08. The van der Waals surface area contributed by atoms with Crippen molar-refractivity contribution in [2.45, 2.75) is 0 Å². The Labute approximate surface area is 245 Å². The first-order valence-corrected chi connectivity index (χ1v) is 13.4. The fraction of sp³-hybridized carbons (Fsp3) is 0. The van der Waals surface area contributed by atoms with Gasteiger partial charge in [0.25, 0.3) is 0 Å². The number of nitrogens with one attached hydrogen (secondary N) is 4. The van der Waals surface area contributed by atoms with E-state index in [0.29, 0.717) is 11.4 Å². The zero-order valence-corrected chi connectivity index (χ0v) is 22.8. The van der Waals surface area contributed by atoms with Crippen LogP contribution in [-0.4, -0.2) is 23.9 Å². The summed E-state index contributed by atoms with van der Waals surface area (Å²) in [5, 5.41) is 18.2. The van der Waals surface area contributed by atoms with E-state index in [0.717, 1.165) is 33.9 Å². The van der Waals surface area contributed by atoms with E-state index in [1.54, 1.807) is 12.4 Å². The second-order valence-electron chi connectivity index (χ2n) is 9.00. The second kappa shape index (κ2) is 14.9. The van der Waals surface area contributed by atoms with Gasteiger partial charge in [-0.25, -0.2) is 0 Å². The van der Waals surface area contributed by atoms with E-state index in [1.807, 2.05) is 146 Å². The molecule has 4 N–H and O–H groups in total. The molecule has 0 aromatic heterocycles. The summed E-state index contributed by atoms with van der Waals surface area (Å²) in [4.78, 5) is 0. The number of para-hydroxylation sites is 4. The number of anilines is 4. The molecule has 0 aliphatic rings. The molecule has 0 radical (unpaired) electrons. The Hall–Kier alpha value is -6.02. The predicted octanol–water partition coefficient (Wildman–Crippen LogP) is 7.51. The van der Waals surface area contributed by atoms with E-state index < -0.39 is 0 Å². The summed E-state index contributed by atoms with van der Waals surface area (Å²) in [5.41, 5.74) is 18.8. The quantitative estimate of drug-likeness (QED) is 0.0954. The third kappa shape index (κ3) is 8.49. The van der Waals surface area contributed by atoms with Crippen LogP contribution in [0.15, 0.2) is 166 Å². The maximum Gasteiger partial charge on any atom is 0.111 e. The zero-order valence-electron chi connectivity index (χ0n) is 22.8. The molecule has 0 aliphatic heterocycles. The Morgan fingerprint density at radius 2 is 0.714 bits per heavy atom. The fourth-order valence-electron chi connectivity index (χ4n) is 3.81. The number of nitrogens with zero attached hydrogens (tertiary/aromatic N) is 4. The van der Waals surface area contributed by atoms with Crippen LogP contribution in [0.2, 0.25) is 0 Å². The van der Waals surface area contributed by atoms with Gasteiger partial charge >= 0.3 is 0 Å². The number of hydrogen-bond acceptors (Lipinski definition) is 8. The maximum absolute atomic E-state index is 4.67. The lowest BCUT2D eigenvalue weighted by atomic mass is 10.0. The third-order valence-electron chi connectivity index (χ3n) is 5.92. The minimum Gasteiger partial charge on any atom is -0.278 e. The molecule has 8 nitrogen and oxygen atoms in total. The van der Waals surface area contributed by atoms with E-state index in [1.165, 1.54) is 0 Å². The number of benzene rings is 5. The van der Waals surface area contributed by atoms with Gasteiger partial charge in [0.15, 0.2) is 0 Å². The number of hydrogen-bond donors (Lipinski definition) is 4. The highest BCUT2D eigenvalue weighted by molar-refractivity contribution is 6.41. The SMILES string of the molecule is C(=NNc1ccccc1)C(=NNc1ccccc1)c1cccc(C(C=NNc2ccccc2)=NNc2ccccc2)c1. The van der Waals surface area contributed by atoms with Gasteiger partial charge in [-0.3, -0.25) is 21.7 Å². The fourth-order valence-corrected chi connectivity index (χ4v) is 3.81. The van der Waals surface area contributed by atoms with Crippen molar-refractivity contribution in [2.75, 3.05) is 21.7 Å². The molecular weight excluding hydrogens is 520 g/mol. The van der Waals surface area contributed by atoms with E-state index in [9.17, 15) is 0 Å². The standard InChI is InChI=1S/C34H30N8/c1-5-16-29(17-6-1)37-35-25-33(41-39-31-20-9-3-10-21-31)27-14-13-15-28(24-27)34(42-40-32-22-11-4-12-23-32)26-36-38-30-18-7-2-8-19-30/h1-26,37-40H. The largest absolute Gasteiger partial charge is 0.278 e. The van der Waals surface area contributed by atoms with Crippen LogP contribution in [0.1, 0.15) is 11.1 Å². The second-order valence-corrected chi connectivity index (χ2v) is 9.00. The molecule has 0 spiro atoms. The lowest BCUT2D eigenvalue weighted by molar-refractivity contribution is 1.32. The Kier molecular flexibility index (Phi) is 9.80. The topological polar surface area (TPSA) is 97.6 Å². The number of rotatable bonds is 12. The zero-order chi connectivity index (χ0) is 28.7. The molecule has 0 bridgehead atoms. The first kappa shape index (κ1) is 27.5. The van der Waals surface area contributed by atoms with E-state index in [4.69, 9.17) is 0 Å². The molecule has 5 aromatic rings. The maximum atomic E-state index is 4.67. The van der Waals surface area contributed by atoms with Crippen LogP contribution in [0.4, 0.5) is 22.7 Å². The average molecular weight is 551 g/mol. The molecule has 0 saturated carbocycles. The van der Waals surface area contributed by atoms with Crippen molar-refractivity contribution in [3.8, 4) is 0 Å². The van der Waals surface area contributed by atoms with Crippen molar-refractivity contribution in [1.82, 2.24) is 0 Å². The molecule has 5 aromatic carbocycles. The van der Waals surface area contributed by atoms with Gasteiger partial charge in [-0.2, -0.15) is 20.4 Å². The summed E-state index contributed by atoms with van der Waals surface area (Å²) >= 11 is 0. The van der Waals surface area contributed by atoms with Gasteiger partial charge in [0.2, 0.25) is 0 Å². The van der Waals surface area contributed by atoms with E-state index in [2.05, 4.69) is 42.1 Å². The first-order chi connectivity index (χ1) is 20.8. The molecule has 0 fully saturated rings. The molecule has 206 valence electrons. The molecule has 0 heterocycles. The van der Waals surface area contributed by atoms with Crippen LogP contribution >= 0.6 is 0 Å². The van der Waals surface area contributed by atoms with Crippen LogP contribution in [0, 0.1) is 0 Å². The normalized spacial score (nSPS) is 11.9. The highest BCUT2D eigenvalue weighted by atomic mass is 15.3. The first-order valence-electron chi connectivity index (χ1n) is 13.4. The summed E-state index contributed by atoms with van der Waals surface area (Å²) in [6.07, 6.45) is 3.37. The molecule has 0 atom stereocenters. The van der Waals surface area contributed by atoms with Crippen molar-refractivity contribution in [3.05, 3.63) is 157 Å². The summed E-state index contributed by atoms with van der Waals surface area (Å²) in [6, 6.07) is 47.0. The summed E-state index contributed by atoms with van der Waals surface area (Å²) in [5.74, 6) is 0. The van der Waals surface area contributed by atoms with Gasteiger partial charge in [-0.1, -0.05) is 91.0 Å². The molecule has 0 aliphatic carbocycles. The minimum absolute atomic E-state index is 0.624. The molecule has 0 saturated heterocycles. The molecule has 42 heavy (non-hydrogen) atoms. The Morgan fingerprint density at radius 3 is 1.07 bits per heavy atom. The summed E-state index contributed by atoms with van der Waals surface area (Å²) in [7, 11) is 0. The molecule has 0 amide bonds. The van der Waals surface area contributed by atoms with Gasteiger partial charge in [-0.05, 0) is 54.6 Å². The van der Waals surface area contributed by atoms with Crippen LogP contribution in [-0.2, 0) is 0 Å². The van der Waals surface area contributed by atoms with Gasteiger partial charge in [0.05, 0.1) is 35.2 Å². The van der Waals surface area contributed by atoms with Gasteiger partial charge in [0, 0.05) is 11.1 Å². The van der Waals surface area contributed by atoms with Crippen LogP contribution in [0.5, 0.6) is 0 Å². The van der Waals surface area contributed by atoms with Gasteiger partial charge in [0.1, 0.15) is 11.4 Å². The third-order valence-corrected chi connectivity index (χ3v) is 5.92. The highest BCUT2D eigenvalue weighted by Gasteiger charge is 2.08. The van der Waals surface area contributed by atoms with Gasteiger partial charge in [-0.15, -0.1) is 0 Å². The van der Waals surface area contributed by atoms with Crippen LogP contribution < -0.4 is 21.7 Å². The molecule has 8 heteroatoms. The van der Waals surface area contributed by atoms with Crippen LogP contribution in [0.25, 0.3) is 0 Å². The lowest BCUT2D eigenvalue weighted by Crippen LogP contribution is -2.11. The number of hydrazone groups is 4. The van der Waals surface area contributed by atoms with Crippen molar-refractivity contribution in [1.29, 1.82) is 0 Å². The molecule has 0 unspecified atom stereocenters. The Balaban J connectivity index is 1.44. The Bertz CT molecular complexity index is 1530. The van der Waals surface area contributed by atoms with Gasteiger partial charge < -0.3 is 0 Å². The van der Waals surface area contributed by atoms with Crippen molar-refractivity contribution < 1.29 is 0 Å². The predicted molar refractivity (Wildman–Crippen MR) is 177 cm³/mol. The van der Waals surface area contributed by atoms with Crippen molar-refractivity contribution in [2.24, 2.45) is 20.4 Å². The molecular formula is C34H30N8. The highest BCUT2D eigenvalue weighted by Crippen LogP contribution is 2.12. The molecule has 5 rings (SSSR count). The van der Waals surface area contributed by atoms with E-state index >= 15 is 0 Å². The smallest absolute Gasteiger partial charge is 0.111 e. The minimum atomic E-state index is 0.624. The van der Waals surface area contributed by atoms with Crippen molar-refractivity contribution >= 4 is 46.6 Å².